The fraction of sp³-hybridized carbons (Fsp3) is 0.319. The van der Waals surface area contributed by atoms with E-state index >= 15 is 0 Å². The minimum atomic E-state index is -4.66. The number of ether oxygens (including phenoxy) is 3. The molecular weight excluding hydrogens is 911 g/mol. The summed E-state index contributed by atoms with van der Waals surface area (Å²) in [6.45, 7) is 14.3. The normalized spacial score (nSPS) is 12.2. The molecule has 67 heavy (non-hydrogen) atoms. The average Bonchev–Trinajstić information content (AvgIpc) is 3.93. The summed E-state index contributed by atoms with van der Waals surface area (Å²) in [6.07, 6.45) is -6.36. The third kappa shape index (κ3) is 15.1. The van der Waals surface area contributed by atoms with E-state index in [9.17, 15) is 31.4 Å². The fourth-order valence-corrected chi connectivity index (χ4v) is 7.59. The molecule has 4 aromatic heterocycles. The Morgan fingerprint density at radius 2 is 0.955 bits per heavy atom. The molecular formula is C47H52F6N8O4Si2. The van der Waals surface area contributed by atoms with Gasteiger partial charge in [-0.1, -0.05) is 69.6 Å². The van der Waals surface area contributed by atoms with Gasteiger partial charge in [-0.25, -0.2) is 19.3 Å². The summed E-state index contributed by atoms with van der Waals surface area (Å²) in [7, 11) is -2.64. The second-order valence-corrected chi connectivity index (χ2v) is 29.2. The molecule has 7 rings (SSSR count). The van der Waals surface area contributed by atoms with Crippen LogP contribution in [0.3, 0.4) is 0 Å². The third-order valence-electron chi connectivity index (χ3n) is 9.88. The highest BCUT2D eigenvalue weighted by Crippen LogP contribution is 2.32. The van der Waals surface area contributed by atoms with Crippen molar-refractivity contribution in [1.29, 1.82) is 0 Å². The zero-order chi connectivity index (χ0) is 48.4. The van der Waals surface area contributed by atoms with Crippen LogP contribution in [0.2, 0.25) is 51.4 Å². The van der Waals surface area contributed by atoms with Gasteiger partial charge in [-0.2, -0.15) is 26.3 Å². The number of halogens is 6. The highest BCUT2D eigenvalue weighted by molar-refractivity contribution is 6.76. The van der Waals surface area contributed by atoms with Gasteiger partial charge in [-0.3, -0.25) is 9.97 Å². The summed E-state index contributed by atoms with van der Waals surface area (Å²) < 4.78 is 98.7. The maximum atomic E-state index is 13.3. The second-order valence-electron chi connectivity index (χ2n) is 17.9. The summed E-state index contributed by atoms with van der Waals surface area (Å²) in [5.41, 5.74) is 4.81. The number of hydrogen-bond donors (Lipinski definition) is 1. The molecule has 0 spiro atoms. The number of nitrogens with zero attached hydrogens (tertiary/aromatic N) is 8. The van der Waals surface area contributed by atoms with Gasteiger partial charge in [0.05, 0.1) is 11.4 Å². The van der Waals surface area contributed by atoms with Gasteiger partial charge in [0.15, 0.2) is 11.6 Å². The molecule has 3 aromatic carbocycles. The Labute approximate surface area is 386 Å². The van der Waals surface area contributed by atoms with Crippen LogP contribution in [0.1, 0.15) is 17.2 Å². The van der Waals surface area contributed by atoms with Crippen LogP contribution in [0.4, 0.5) is 26.3 Å². The predicted molar refractivity (Wildman–Crippen MR) is 248 cm³/mol. The summed E-state index contributed by atoms with van der Waals surface area (Å²) in [5, 5.41) is 16.6. The van der Waals surface area contributed by atoms with E-state index in [0.29, 0.717) is 42.3 Å². The van der Waals surface area contributed by atoms with Crippen molar-refractivity contribution in [1.82, 2.24) is 39.5 Å². The molecule has 0 atom stereocenters. The molecule has 0 aliphatic rings. The van der Waals surface area contributed by atoms with Crippen LogP contribution in [0.25, 0.3) is 45.3 Å². The molecule has 0 radical (unpaired) electrons. The Hall–Kier alpha value is -6.23. The van der Waals surface area contributed by atoms with Crippen molar-refractivity contribution in [2.24, 2.45) is 0 Å². The van der Waals surface area contributed by atoms with Crippen molar-refractivity contribution < 1.29 is 45.7 Å². The zero-order valence-electron chi connectivity index (χ0n) is 37.9. The topological polar surface area (TPSA) is 135 Å². The maximum Gasteiger partial charge on any atom is 0.453 e. The molecule has 0 saturated heterocycles. The number of hydrogen-bond acceptors (Lipinski definition) is 10. The first-order chi connectivity index (χ1) is 31.6. The Morgan fingerprint density at radius 1 is 0.537 bits per heavy atom. The van der Waals surface area contributed by atoms with E-state index in [1.54, 1.807) is 36.4 Å². The lowest BCUT2D eigenvalue weighted by Gasteiger charge is -2.15. The zero-order valence-corrected chi connectivity index (χ0v) is 39.9. The first kappa shape index (κ1) is 50.2. The van der Waals surface area contributed by atoms with Gasteiger partial charge in [0.25, 0.3) is 11.6 Å². The lowest BCUT2D eigenvalue weighted by atomic mass is 10.1. The van der Waals surface area contributed by atoms with Crippen molar-refractivity contribution >= 4 is 16.1 Å². The van der Waals surface area contributed by atoms with Crippen LogP contribution in [0.5, 0.6) is 11.5 Å². The third-order valence-corrected chi connectivity index (χ3v) is 13.3. The molecule has 1 N–H and O–H groups in total. The number of phenols is 1. The summed E-state index contributed by atoms with van der Waals surface area (Å²) in [6, 6.07) is 32.4. The highest BCUT2D eigenvalue weighted by atomic mass is 28.3. The molecule has 0 bridgehead atoms. The second kappa shape index (κ2) is 21.6. The Morgan fingerprint density at radius 3 is 1.34 bits per heavy atom. The lowest BCUT2D eigenvalue weighted by molar-refractivity contribution is -0.145. The van der Waals surface area contributed by atoms with E-state index in [0.717, 1.165) is 43.9 Å². The fourth-order valence-electron chi connectivity index (χ4n) is 6.08. The Balaban J connectivity index is 0.000000226. The monoisotopic (exact) mass is 962 g/mol. The van der Waals surface area contributed by atoms with E-state index in [-0.39, 0.29) is 30.9 Å². The van der Waals surface area contributed by atoms with Gasteiger partial charge in [-0.15, -0.1) is 10.2 Å². The number of aromatic hydroxyl groups is 1. The van der Waals surface area contributed by atoms with Gasteiger partial charge in [0, 0.05) is 64.0 Å². The standard InChI is InChI=1S/C27H29F3N4O2Si.C20H23F3N4O2Si/c1-37(2,3)16-15-35-19-34-25(32-26(33-34)27(28,29)30)22-11-14-24(31-17-22)21-9-12-23(13-10-21)36-18-20-7-5-4-6-8-20;1-30(2,3)11-10-29-13-27-18(25-19(26-27)20(21,22)23)15-6-9-17(24-12-15)14-4-7-16(28)8-5-14/h4-14,17H,15-16,18-19H2,1-3H3;4-9,12,28H,10-11,13H2,1-3H3. The first-order valence-corrected chi connectivity index (χ1v) is 28.7. The van der Waals surface area contributed by atoms with Crippen LogP contribution in [0.15, 0.2) is 116 Å². The molecule has 4 heterocycles. The number of alkyl halides is 6. The molecule has 0 unspecified atom stereocenters. The Bertz CT molecular complexity index is 2630. The molecule has 0 aliphatic carbocycles. The van der Waals surface area contributed by atoms with Gasteiger partial charge in [-0.05, 0) is 90.4 Å². The van der Waals surface area contributed by atoms with Crippen molar-refractivity contribution in [2.75, 3.05) is 13.2 Å². The van der Waals surface area contributed by atoms with Crippen LogP contribution in [-0.2, 0) is 41.9 Å². The largest absolute Gasteiger partial charge is 0.508 e. The average molecular weight is 963 g/mol. The molecule has 12 nitrogen and oxygen atoms in total. The molecule has 20 heteroatoms. The molecule has 0 fully saturated rings. The number of aromatic nitrogens is 8. The van der Waals surface area contributed by atoms with Crippen molar-refractivity contribution in [3.05, 3.63) is 133 Å². The minimum Gasteiger partial charge on any atom is -0.508 e. The van der Waals surface area contributed by atoms with E-state index in [2.05, 4.69) is 69.4 Å². The summed E-state index contributed by atoms with van der Waals surface area (Å²) in [5.74, 6) is -1.45. The number of rotatable bonds is 17. The molecule has 0 saturated carbocycles. The van der Waals surface area contributed by atoms with E-state index in [1.807, 2.05) is 54.6 Å². The van der Waals surface area contributed by atoms with Crippen LogP contribution >= 0.6 is 0 Å². The van der Waals surface area contributed by atoms with Crippen molar-refractivity contribution in [2.45, 2.75) is 83.8 Å². The summed E-state index contributed by atoms with van der Waals surface area (Å²) >= 11 is 0. The Kier molecular flexibility index (Phi) is 16.2. The SMILES string of the molecule is C[Si](C)(C)CCOCn1nc(C(F)(F)F)nc1-c1ccc(-c2ccc(O)cc2)nc1.C[Si](C)(C)CCOCn1nc(C(F)(F)F)nc1-c1ccc(-c2ccc(OCc3ccccc3)cc2)nc1. The molecule has 0 amide bonds. The molecule has 0 aliphatic heterocycles. The van der Waals surface area contributed by atoms with Crippen LogP contribution in [0, 0.1) is 0 Å². The number of phenolic OH excluding ortho intramolecular Hbond substituents is 1. The van der Waals surface area contributed by atoms with Crippen LogP contribution < -0.4 is 4.74 Å². The van der Waals surface area contributed by atoms with Gasteiger partial charge in [0.1, 0.15) is 31.6 Å². The van der Waals surface area contributed by atoms with Crippen molar-refractivity contribution in [3.8, 4) is 56.8 Å². The molecule has 354 valence electrons. The van der Waals surface area contributed by atoms with Gasteiger partial charge >= 0.3 is 12.4 Å². The quantitative estimate of drug-likeness (QED) is 0.0534. The first-order valence-electron chi connectivity index (χ1n) is 21.3. The number of benzene rings is 3. The highest BCUT2D eigenvalue weighted by Gasteiger charge is 2.38. The molecule has 7 aromatic rings. The van der Waals surface area contributed by atoms with E-state index in [1.165, 1.54) is 24.5 Å². The van der Waals surface area contributed by atoms with E-state index < -0.39 is 40.1 Å². The lowest BCUT2D eigenvalue weighted by Crippen LogP contribution is -2.22. The van der Waals surface area contributed by atoms with Gasteiger partial charge in [0.2, 0.25) is 0 Å². The van der Waals surface area contributed by atoms with E-state index in [4.69, 9.17) is 14.2 Å². The number of pyridine rings is 2. The predicted octanol–water partition coefficient (Wildman–Crippen LogP) is 12.0. The van der Waals surface area contributed by atoms with Crippen molar-refractivity contribution in [3.63, 3.8) is 0 Å². The minimum absolute atomic E-state index is 0.0417. The smallest absolute Gasteiger partial charge is 0.453 e. The van der Waals surface area contributed by atoms with Gasteiger partial charge < -0.3 is 19.3 Å². The summed E-state index contributed by atoms with van der Waals surface area (Å²) in [4.78, 5) is 16.2. The maximum absolute atomic E-state index is 13.3. The van der Waals surface area contributed by atoms with Crippen LogP contribution in [-0.4, -0.2) is 74.0 Å².